The van der Waals surface area contributed by atoms with Crippen LogP contribution in [0.4, 0.5) is 0 Å². The van der Waals surface area contributed by atoms with Crippen LogP contribution in [0.25, 0.3) is 0 Å². The Morgan fingerprint density at radius 2 is 2.13 bits per heavy atom. The normalized spacial score (nSPS) is 15.9. The van der Waals surface area contributed by atoms with Crippen molar-refractivity contribution in [3.8, 4) is 6.07 Å². The lowest BCUT2D eigenvalue weighted by Crippen LogP contribution is -2.19. The highest BCUT2D eigenvalue weighted by molar-refractivity contribution is 5.31. The van der Waals surface area contributed by atoms with E-state index in [1.165, 1.54) is 18.5 Å². The Labute approximate surface area is 90.7 Å². The van der Waals surface area contributed by atoms with E-state index in [1.54, 1.807) is 0 Å². The molecule has 0 amide bonds. The summed E-state index contributed by atoms with van der Waals surface area (Å²) < 4.78 is 2.28. The number of nitriles is 1. The summed E-state index contributed by atoms with van der Waals surface area (Å²) in [6, 6.07) is 2.35. The predicted octanol–water partition coefficient (Wildman–Crippen LogP) is 2.33. The van der Waals surface area contributed by atoms with Crippen LogP contribution in [0.1, 0.15) is 43.9 Å². The van der Waals surface area contributed by atoms with Crippen LogP contribution in [0.2, 0.25) is 0 Å². The van der Waals surface area contributed by atoms with Crippen molar-refractivity contribution in [2.75, 3.05) is 0 Å². The van der Waals surface area contributed by atoms with Crippen LogP contribution in [0.15, 0.2) is 0 Å². The van der Waals surface area contributed by atoms with Crippen LogP contribution >= 0.6 is 0 Å². The molecule has 80 valence electrons. The molecule has 3 heteroatoms. The maximum atomic E-state index is 9.16. The summed E-state index contributed by atoms with van der Waals surface area (Å²) in [6.45, 7) is 7.00. The number of aromatic nitrogens is 2. The molecule has 0 bridgehead atoms. The minimum Gasteiger partial charge on any atom is -0.332 e. The predicted molar refractivity (Wildman–Crippen MR) is 58.5 cm³/mol. The monoisotopic (exact) mass is 203 g/mol. The molecule has 1 aliphatic rings. The van der Waals surface area contributed by atoms with Crippen molar-refractivity contribution in [2.24, 2.45) is 0 Å². The van der Waals surface area contributed by atoms with E-state index in [0.29, 0.717) is 0 Å². The maximum absolute atomic E-state index is 9.16. The zero-order valence-electron chi connectivity index (χ0n) is 9.67. The zero-order chi connectivity index (χ0) is 11.1. The highest BCUT2D eigenvalue weighted by Gasteiger charge is 2.29. The minimum absolute atomic E-state index is 0.456. The third kappa shape index (κ3) is 1.54. The number of rotatable bonds is 1. The molecule has 1 aromatic rings. The van der Waals surface area contributed by atoms with Crippen molar-refractivity contribution >= 4 is 0 Å². The Hall–Kier alpha value is -1.30. The van der Waals surface area contributed by atoms with Gasteiger partial charge in [-0.2, -0.15) is 5.26 Å². The lowest BCUT2D eigenvalue weighted by atomic mass is 9.88. The Kier molecular flexibility index (Phi) is 2.30. The van der Waals surface area contributed by atoms with Crippen molar-refractivity contribution in [3.05, 3.63) is 17.2 Å². The molecule has 0 saturated heterocycles. The van der Waals surface area contributed by atoms with E-state index in [1.807, 2.05) is 20.8 Å². The highest BCUT2D eigenvalue weighted by atomic mass is 15.1. The van der Waals surface area contributed by atoms with E-state index in [2.05, 4.69) is 15.6 Å². The van der Waals surface area contributed by atoms with Crippen LogP contribution in [-0.2, 0) is 18.4 Å². The molecule has 1 aromatic heterocycles. The van der Waals surface area contributed by atoms with Gasteiger partial charge in [-0.15, -0.1) is 0 Å². The maximum Gasteiger partial charge on any atom is 0.106 e. The molecule has 3 nitrogen and oxygen atoms in total. The second kappa shape index (κ2) is 3.37. The molecule has 2 rings (SSSR count). The molecule has 2 heterocycles. The Balaban J connectivity index is 2.55. The van der Waals surface area contributed by atoms with Gasteiger partial charge in [0.2, 0.25) is 0 Å². The molecule has 0 aliphatic carbocycles. The summed E-state index contributed by atoms with van der Waals surface area (Å²) in [5, 5.41) is 9.16. The number of fused-ring (bicyclic) bond motifs is 1. The molecule has 0 saturated carbocycles. The number of aryl methyl sites for hydroxylation is 1. The van der Waals surface area contributed by atoms with Crippen LogP contribution in [0.3, 0.4) is 0 Å². The first-order valence-electron chi connectivity index (χ1n) is 5.54. The molecule has 1 aliphatic heterocycles. The average Bonchev–Trinajstić information content (AvgIpc) is 2.58. The van der Waals surface area contributed by atoms with Crippen molar-refractivity contribution in [1.29, 1.82) is 5.26 Å². The third-order valence-electron chi connectivity index (χ3n) is 3.18. The van der Waals surface area contributed by atoms with Crippen molar-refractivity contribution in [3.63, 3.8) is 0 Å². The van der Waals surface area contributed by atoms with Gasteiger partial charge in [-0.05, 0) is 40.0 Å². The van der Waals surface area contributed by atoms with Gasteiger partial charge < -0.3 is 4.57 Å². The molecule has 0 spiro atoms. The molecule has 15 heavy (non-hydrogen) atoms. The summed E-state index contributed by atoms with van der Waals surface area (Å²) >= 11 is 0. The summed E-state index contributed by atoms with van der Waals surface area (Å²) in [5.74, 6) is 1.06. The number of hydrogen-bond donors (Lipinski definition) is 0. The van der Waals surface area contributed by atoms with E-state index < -0.39 is 5.41 Å². The molecular weight excluding hydrogens is 186 g/mol. The van der Waals surface area contributed by atoms with Gasteiger partial charge in [0.1, 0.15) is 5.82 Å². The fraction of sp³-hybridized carbons (Fsp3) is 0.667. The van der Waals surface area contributed by atoms with Gasteiger partial charge in [0.25, 0.3) is 0 Å². The summed E-state index contributed by atoms with van der Waals surface area (Å²) in [4.78, 5) is 4.58. The third-order valence-corrected chi connectivity index (χ3v) is 3.18. The number of hydrogen-bond acceptors (Lipinski definition) is 2. The smallest absolute Gasteiger partial charge is 0.106 e. The Morgan fingerprint density at radius 1 is 1.40 bits per heavy atom. The van der Waals surface area contributed by atoms with Crippen LogP contribution in [0.5, 0.6) is 0 Å². The van der Waals surface area contributed by atoms with Gasteiger partial charge in [0.15, 0.2) is 0 Å². The van der Waals surface area contributed by atoms with Gasteiger partial charge in [0, 0.05) is 12.2 Å². The number of nitrogens with zero attached hydrogens (tertiary/aromatic N) is 3. The number of imidazole rings is 1. The lowest BCUT2D eigenvalue weighted by Gasteiger charge is -2.20. The van der Waals surface area contributed by atoms with Crippen LogP contribution < -0.4 is 0 Å². The molecule has 0 unspecified atom stereocenters. The Morgan fingerprint density at radius 3 is 2.80 bits per heavy atom. The van der Waals surface area contributed by atoms with Gasteiger partial charge in [-0.3, -0.25) is 0 Å². The van der Waals surface area contributed by atoms with E-state index in [9.17, 15) is 0 Å². The quantitative estimate of drug-likeness (QED) is 0.703. The van der Waals surface area contributed by atoms with Gasteiger partial charge in [-0.1, -0.05) is 0 Å². The minimum atomic E-state index is -0.456. The highest BCUT2D eigenvalue weighted by Crippen LogP contribution is 2.29. The second-order valence-electron chi connectivity index (χ2n) is 4.80. The zero-order valence-corrected chi connectivity index (χ0v) is 9.67. The average molecular weight is 203 g/mol. The Bertz CT molecular complexity index is 421. The SMILES string of the molecule is Cc1nc(C(C)(C)C#N)c2n1CCCC2. The topological polar surface area (TPSA) is 41.6 Å². The van der Waals surface area contributed by atoms with E-state index >= 15 is 0 Å². The van der Waals surface area contributed by atoms with Gasteiger partial charge >= 0.3 is 0 Å². The van der Waals surface area contributed by atoms with Crippen LogP contribution in [-0.4, -0.2) is 9.55 Å². The van der Waals surface area contributed by atoms with Crippen molar-refractivity contribution < 1.29 is 0 Å². The first-order chi connectivity index (χ1) is 7.06. The van der Waals surface area contributed by atoms with E-state index in [0.717, 1.165) is 24.5 Å². The molecule has 0 aromatic carbocycles. The summed E-state index contributed by atoms with van der Waals surface area (Å²) in [5.41, 5.74) is 1.82. The van der Waals surface area contributed by atoms with Gasteiger partial charge in [-0.25, -0.2) is 4.98 Å². The molecular formula is C12H17N3. The van der Waals surface area contributed by atoms with Gasteiger partial charge in [0.05, 0.1) is 17.2 Å². The lowest BCUT2D eigenvalue weighted by molar-refractivity contribution is 0.513. The first-order valence-corrected chi connectivity index (χ1v) is 5.54. The first kappa shape index (κ1) is 10.2. The van der Waals surface area contributed by atoms with E-state index in [4.69, 9.17) is 5.26 Å². The fourth-order valence-electron chi connectivity index (χ4n) is 2.28. The van der Waals surface area contributed by atoms with E-state index in [-0.39, 0.29) is 0 Å². The van der Waals surface area contributed by atoms with Crippen molar-refractivity contribution in [2.45, 2.75) is 52.0 Å². The van der Waals surface area contributed by atoms with Crippen molar-refractivity contribution in [1.82, 2.24) is 9.55 Å². The molecule has 0 fully saturated rings. The summed E-state index contributed by atoms with van der Waals surface area (Å²) in [6.07, 6.45) is 3.53. The molecule has 0 N–H and O–H groups in total. The van der Waals surface area contributed by atoms with Crippen LogP contribution in [0, 0.1) is 18.3 Å². The standard InChI is InChI=1S/C12H17N3/c1-9-14-11(12(2,3)8-13)10-6-4-5-7-15(9)10/h4-7H2,1-3H3. The second-order valence-corrected chi connectivity index (χ2v) is 4.80. The molecule has 0 radical (unpaired) electrons. The summed E-state index contributed by atoms with van der Waals surface area (Å²) in [7, 11) is 0. The largest absolute Gasteiger partial charge is 0.332 e. The molecule has 0 atom stereocenters. The fourth-order valence-corrected chi connectivity index (χ4v) is 2.28.